The quantitative estimate of drug-likeness (QED) is 0.511. The number of hydrogen-bond acceptors (Lipinski definition) is 5. The SMILES string of the molecule is O=C(O)NCC[C@@H](O)c1cccc(OCC2CCCS(O)(O)C2)c1. The molecular formula is C16H25NO6S. The van der Waals surface area contributed by atoms with Crippen molar-refractivity contribution in [2.75, 3.05) is 24.7 Å². The fourth-order valence-electron chi connectivity index (χ4n) is 2.79. The Morgan fingerprint density at radius 3 is 2.92 bits per heavy atom. The summed E-state index contributed by atoms with van der Waals surface area (Å²) in [6.45, 7) is 0.581. The maximum absolute atomic E-state index is 10.4. The van der Waals surface area contributed by atoms with Gasteiger partial charge in [-0.05, 0) is 37.0 Å². The zero-order valence-corrected chi connectivity index (χ0v) is 14.2. The van der Waals surface area contributed by atoms with Gasteiger partial charge in [-0.2, -0.15) is 10.6 Å². The highest BCUT2D eigenvalue weighted by atomic mass is 32.3. The van der Waals surface area contributed by atoms with E-state index in [1.165, 1.54) is 0 Å². The summed E-state index contributed by atoms with van der Waals surface area (Å²) < 4.78 is 25.3. The molecule has 24 heavy (non-hydrogen) atoms. The highest BCUT2D eigenvalue weighted by Gasteiger charge is 2.25. The molecule has 1 amide bonds. The van der Waals surface area contributed by atoms with Gasteiger partial charge in [-0.3, -0.25) is 9.11 Å². The zero-order chi connectivity index (χ0) is 17.6. The van der Waals surface area contributed by atoms with Crippen LogP contribution in [0.4, 0.5) is 4.79 Å². The molecule has 0 radical (unpaired) electrons. The lowest BCUT2D eigenvalue weighted by atomic mass is 10.1. The number of carbonyl (C=O) groups is 1. The molecule has 1 aliphatic heterocycles. The average Bonchev–Trinajstić information content (AvgIpc) is 2.52. The van der Waals surface area contributed by atoms with E-state index in [4.69, 9.17) is 9.84 Å². The molecule has 5 N–H and O–H groups in total. The van der Waals surface area contributed by atoms with Crippen LogP contribution in [0.2, 0.25) is 0 Å². The summed E-state index contributed by atoms with van der Waals surface area (Å²) in [5.41, 5.74) is 0.660. The molecule has 0 aromatic heterocycles. The smallest absolute Gasteiger partial charge is 0.404 e. The van der Waals surface area contributed by atoms with Crippen LogP contribution in [0.15, 0.2) is 24.3 Å². The fourth-order valence-corrected chi connectivity index (χ4v) is 4.60. The van der Waals surface area contributed by atoms with Crippen LogP contribution >= 0.6 is 10.6 Å². The van der Waals surface area contributed by atoms with Gasteiger partial charge in [0.1, 0.15) is 5.75 Å². The van der Waals surface area contributed by atoms with Gasteiger partial charge in [0, 0.05) is 24.0 Å². The summed E-state index contributed by atoms with van der Waals surface area (Å²) in [6.07, 6.45) is 0.101. The van der Waals surface area contributed by atoms with Crippen LogP contribution in [0.1, 0.15) is 30.9 Å². The Labute approximate surface area is 143 Å². The van der Waals surface area contributed by atoms with E-state index in [0.717, 1.165) is 12.8 Å². The van der Waals surface area contributed by atoms with Gasteiger partial charge in [0.2, 0.25) is 0 Å². The third kappa shape index (κ3) is 6.20. The molecule has 1 fully saturated rings. The third-order valence-corrected chi connectivity index (χ3v) is 5.96. The number of hydrogen-bond donors (Lipinski definition) is 5. The van der Waals surface area contributed by atoms with Crippen molar-refractivity contribution < 1.29 is 28.8 Å². The normalized spacial score (nSPS) is 22.4. The van der Waals surface area contributed by atoms with Gasteiger partial charge < -0.3 is 20.3 Å². The molecular weight excluding hydrogens is 334 g/mol. The van der Waals surface area contributed by atoms with Gasteiger partial charge in [0.15, 0.2) is 0 Å². The van der Waals surface area contributed by atoms with E-state index >= 15 is 0 Å². The number of amides is 1. The van der Waals surface area contributed by atoms with E-state index in [9.17, 15) is 19.0 Å². The fraction of sp³-hybridized carbons (Fsp3) is 0.562. The topological polar surface area (TPSA) is 119 Å². The Morgan fingerprint density at radius 1 is 1.42 bits per heavy atom. The van der Waals surface area contributed by atoms with Crippen LogP contribution in [0.25, 0.3) is 0 Å². The van der Waals surface area contributed by atoms with E-state index in [1.807, 2.05) is 0 Å². The Bertz CT molecular complexity index is 553. The van der Waals surface area contributed by atoms with Crippen molar-refractivity contribution in [2.45, 2.75) is 25.4 Å². The van der Waals surface area contributed by atoms with Gasteiger partial charge in [-0.25, -0.2) is 4.79 Å². The van der Waals surface area contributed by atoms with Gasteiger partial charge >= 0.3 is 6.09 Å². The second kappa shape index (κ2) is 8.57. The van der Waals surface area contributed by atoms with Crippen LogP contribution in [0.5, 0.6) is 5.75 Å². The third-order valence-electron chi connectivity index (χ3n) is 4.01. The van der Waals surface area contributed by atoms with E-state index in [0.29, 0.717) is 29.4 Å². The Hall–Kier alpha value is -1.48. The van der Waals surface area contributed by atoms with Crippen molar-refractivity contribution in [2.24, 2.45) is 5.92 Å². The van der Waals surface area contributed by atoms with E-state index < -0.39 is 22.8 Å². The highest BCUT2D eigenvalue weighted by molar-refractivity contribution is 8.24. The monoisotopic (exact) mass is 359 g/mol. The maximum atomic E-state index is 10.4. The summed E-state index contributed by atoms with van der Waals surface area (Å²) in [6, 6.07) is 7.04. The van der Waals surface area contributed by atoms with Crippen molar-refractivity contribution in [3.8, 4) is 5.75 Å². The molecule has 7 nitrogen and oxygen atoms in total. The second-order valence-corrected chi connectivity index (χ2v) is 8.45. The van der Waals surface area contributed by atoms with Gasteiger partial charge in [-0.15, -0.1) is 0 Å². The molecule has 2 rings (SSSR count). The maximum Gasteiger partial charge on any atom is 0.404 e. The largest absolute Gasteiger partial charge is 0.493 e. The molecule has 1 saturated heterocycles. The van der Waals surface area contributed by atoms with Crippen molar-refractivity contribution in [3.63, 3.8) is 0 Å². The molecule has 0 bridgehead atoms. The summed E-state index contributed by atoms with van der Waals surface area (Å²) in [4.78, 5) is 10.4. The van der Waals surface area contributed by atoms with E-state index in [-0.39, 0.29) is 18.9 Å². The first kappa shape index (κ1) is 18.9. The number of aliphatic hydroxyl groups excluding tert-OH is 1. The van der Waals surface area contributed by atoms with Crippen LogP contribution in [-0.4, -0.2) is 50.1 Å². The Morgan fingerprint density at radius 2 is 2.21 bits per heavy atom. The molecule has 0 spiro atoms. The number of carboxylic acid groups (broad SMARTS) is 1. The predicted molar refractivity (Wildman–Crippen MR) is 92.8 cm³/mol. The molecule has 0 saturated carbocycles. The number of benzene rings is 1. The molecule has 1 aromatic rings. The number of aliphatic hydroxyl groups is 1. The second-order valence-electron chi connectivity index (χ2n) is 6.10. The highest BCUT2D eigenvalue weighted by Crippen LogP contribution is 2.46. The number of ether oxygens (including phenoxy) is 1. The average molecular weight is 359 g/mol. The van der Waals surface area contributed by atoms with E-state index in [1.54, 1.807) is 24.3 Å². The summed E-state index contributed by atoms with van der Waals surface area (Å²) in [5, 5.41) is 20.8. The Balaban J connectivity index is 1.84. The lowest BCUT2D eigenvalue weighted by Crippen LogP contribution is -2.26. The minimum atomic E-state index is -2.45. The van der Waals surface area contributed by atoms with Crippen molar-refractivity contribution in [3.05, 3.63) is 29.8 Å². The summed E-state index contributed by atoms with van der Waals surface area (Å²) in [5.74, 6) is 1.60. The molecule has 1 unspecified atom stereocenters. The minimum absolute atomic E-state index is 0.122. The lowest BCUT2D eigenvalue weighted by Gasteiger charge is -2.39. The van der Waals surface area contributed by atoms with Gasteiger partial charge in [0.25, 0.3) is 0 Å². The van der Waals surface area contributed by atoms with Crippen LogP contribution < -0.4 is 10.1 Å². The van der Waals surface area contributed by atoms with Gasteiger partial charge in [0.05, 0.1) is 12.7 Å². The first-order valence-corrected chi connectivity index (χ1v) is 9.85. The van der Waals surface area contributed by atoms with Crippen LogP contribution in [0.3, 0.4) is 0 Å². The van der Waals surface area contributed by atoms with Crippen molar-refractivity contribution in [1.82, 2.24) is 5.32 Å². The molecule has 1 aromatic carbocycles. The summed E-state index contributed by atoms with van der Waals surface area (Å²) in [7, 11) is -2.45. The minimum Gasteiger partial charge on any atom is -0.493 e. The van der Waals surface area contributed by atoms with Crippen molar-refractivity contribution >= 4 is 16.7 Å². The first-order valence-electron chi connectivity index (χ1n) is 7.97. The first-order chi connectivity index (χ1) is 11.4. The van der Waals surface area contributed by atoms with Crippen LogP contribution in [-0.2, 0) is 0 Å². The van der Waals surface area contributed by atoms with Crippen LogP contribution in [0, 0.1) is 5.92 Å². The molecule has 1 aliphatic rings. The van der Waals surface area contributed by atoms with Crippen molar-refractivity contribution in [1.29, 1.82) is 0 Å². The predicted octanol–water partition coefficient (Wildman–Crippen LogP) is 2.92. The Kier molecular flexibility index (Phi) is 6.73. The van der Waals surface area contributed by atoms with Gasteiger partial charge in [-0.1, -0.05) is 12.1 Å². The standard InChI is InChI=1S/C16H25NO6S/c18-15(6-7-17-16(19)20)13-4-1-5-14(9-13)23-10-12-3-2-8-24(21,22)11-12/h1,4-5,9,12,15,17-18,21-22H,2-3,6-8,10-11H2,(H,19,20)/t12?,15-/m1/s1. The summed E-state index contributed by atoms with van der Waals surface area (Å²) >= 11 is 0. The molecule has 2 atom stereocenters. The molecule has 1 heterocycles. The lowest BCUT2D eigenvalue weighted by molar-refractivity contribution is 0.161. The van der Waals surface area contributed by atoms with E-state index in [2.05, 4.69) is 5.32 Å². The zero-order valence-electron chi connectivity index (χ0n) is 13.4. The molecule has 8 heteroatoms. The molecule has 0 aliphatic carbocycles. The number of rotatable bonds is 7. The molecule has 136 valence electrons. The number of nitrogens with one attached hydrogen (secondary N) is 1.